The molecule has 1 amide bonds. The van der Waals surface area contributed by atoms with Crippen LogP contribution in [0.5, 0.6) is 0 Å². The van der Waals surface area contributed by atoms with Crippen LogP contribution in [0, 0.1) is 0 Å². The summed E-state index contributed by atoms with van der Waals surface area (Å²) in [6.07, 6.45) is -3.77. The molecule has 1 saturated heterocycles. The Morgan fingerprint density at radius 3 is 2.62 bits per heavy atom. The lowest BCUT2D eigenvalue weighted by Gasteiger charge is -2.41. The number of amides is 1. The van der Waals surface area contributed by atoms with Crippen molar-refractivity contribution in [3.05, 3.63) is 0 Å². The van der Waals surface area contributed by atoms with E-state index in [-0.39, 0.29) is 25.7 Å². The van der Waals surface area contributed by atoms with E-state index in [1.165, 1.54) is 6.92 Å². The minimum Gasteiger partial charge on any atom is -0.394 e. The molecule has 5 N–H and O–H groups in total. The van der Waals surface area contributed by atoms with E-state index < -0.39 is 30.6 Å². The number of hydrogen-bond acceptors (Lipinski definition) is 8. The van der Waals surface area contributed by atoms with Crippen molar-refractivity contribution in [1.29, 1.82) is 0 Å². The fourth-order valence-corrected chi connectivity index (χ4v) is 1.97. The van der Waals surface area contributed by atoms with Crippen molar-refractivity contribution in [1.82, 2.24) is 10.8 Å². The molecule has 0 bridgehead atoms. The molecule has 1 fully saturated rings. The second-order valence-electron chi connectivity index (χ2n) is 4.75. The average Bonchev–Trinajstić information content (AvgIpc) is 2.44. The first kappa shape index (κ1) is 18.2. The van der Waals surface area contributed by atoms with E-state index in [1.54, 1.807) is 6.92 Å². The summed E-state index contributed by atoms with van der Waals surface area (Å²) < 4.78 is 10.9. The zero-order valence-corrected chi connectivity index (χ0v) is 12.2. The lowest BCUT2D eigenvalue weighted by molar-refractivity contribution is -0.260. The summed E-state index contributed by atoms with van der Waals surface area (Å²) >= 11 is 0. The Balaban J connectivity index is 2.45. The van der Waals surface area contributed by atoms with Crippen LogP contribution in [0.15, 0.2) is 0 Å². The molecule has 0 aromatic carbocycles. The van der Waals surface area contributed by atoms with Gasteiger partial charge in [0.15, 0.2) is 6.29 Å². The summed E-state index contributed by atoms with van der Waals surface area (Å²) in [7, 11) is 0. The molecule has 21 heavy (non-hydrogen) atoms. The maximum absolute atomic E-state index is 11.2. The first-order valence-electron chi connectivity index (χ1n) is 6.83. The van der Waals surface area contributed by atoms with E-state index in [1.807, 2.05) is 0 Å². The highest BCUT2D eigenvalue weighted by atomic mass is 16.7. The van der Waals surface area contributed by atoms with E-state index in [0.717, 1.165) is 0 Å². The van der Waals surface area contributed by atoms with Crippen LogP contribution in [0.3, 0.4) is 0 Å². The second-order valence-corrected chi connectivity index (χ2v) is 4.75. The summed E-state index contributed by atoms with van der Waals surface area (Å²) in [6.45, 7) is 3.51. The van der Waals surface area contributed by atoms with Crippen molar-refractivity contribution in [2.75, 3.05) is 26.4 Å². The first-order chi connectivity index (χ1) is 9.97. The van der Waals surface area contributed by atoms with Crippen LogP contribution >= 0.6 is 0 Å². The van der Waals surface area contributed by atoms with Gasteiger partial charge in [-0.05, 0) is 6.92 Å². The normalized spacial score (nSPS) is 32.9. The Bertz CT molecular complexity index is 318. The summed E-state index contributed by atoms with van der Waals surface area (Å²) in [5.41, 5.74) is 2.57. The maximum atomic E-state index is 11.2. The van der Waals surface area contributed by atoms with Crippen LogP contribution in [0.1, 0.15) is 13.8 Å². The van der Waals surface area contributed by atoms with Gasteiger partial charge in [0, 0.05) is 13.5 Å². The Labute approximate surface area is 123 Å². The largest absolute Gasteiger partial charge is 0.394 e. The van der Waals surface area contributed by atoms with Gasteiger partial charge in [-0.2, -0.15) is 0 Å². The van der Waals surface area contributed by atoms with E-state index in [2.05, 4.69) is 10.8 Å². The first-order valence-corrected chi connectivity index (χ1v) is 6.83. The molecule has 0 radical (unpaired) electrons. The SMILES string of the molecule is CC(=O)NC1C(OCCNOCCO)OC(C)C(O)C1O. The zero-order valence-electron chi connectivity index (χ0n) is 12.2. The van der Waals surface area contributed by atoms with Crippen molar-refractivity contribution in [2.45, 2.75) is 44.5 Å². The van der Waals surface area contributed by atoms with Crippen molar-refractivity contribution < 1.29 is 34.4 Å². The summed E-state index contributed by atoms with van der Waals surface area (Å²) in [6, 6.07) is -0.855. The number of carbonyl (C=O) groups excluding carboxylic acids is 1. The fourth-order valence-electron chi connectivity index (χ4n) is 1.97. The minimum absolute atomic E-state index is 0.0915. The predicted molar refractivity (Wildman–Crippen MR) is 70.9 cm³/mol. The molecule has 5 unspecified atom stereocenters. The maximum Gasteiger partial charge on any atom is 0.217 e. The van der Waals surface area contributed by atoms with Crippen LogP contribution in [0.25, 0.3) is 0 Å². The smallest absolute Gasteiger partial charge is 0.217 e. The summed E-state index contributed by atoms with van der Waals surface area (Å²) in [5.74, 6) is -0.359. The number of hydroxylamine groups is 1. The topological polar surface area (TPSA) is 130 Å². The number of aliphatic hydroxyl groups excluding tert-OH is 3. The highest BCUT2D eigenvalue weighted by molar-refractivity contribution is 5.73. The molecule has 124 valence electrons. The van der Waals surface area contributed by atoms with E-state index in [0.29, 0.717) is 6.54 Å². The van der Waals surface area contributed by atoms with Crippen molar-refractivity contribution in [3.63, 3.8) is 0 Å². The van der Waals surface area contributed by atoms with Gasteiger partial charge in [0.05, 0.1) is 25.9 Å². The van der Waals surface area contributed by atoms with Crippen molar-refractivity contribution >= 4 is 5.91 Å². The van der Waals surface area contributed by atoms with E-state index >= 15 is 0 Å². The highest BCUT2D eigenvalue weighted by Crippen LogP contribution is 2.21. The lowest BCUT2D eigenvalue weighted by atomic mass is 9.97. The summed E-state index contributed by atoms with van der Waals surface area (Å²) in [5, 5.41) is 30.8. The van der Waals surface area contributed by atoms with E-state index in [9.17, 15) is 15.0 Å². The third-order valence-corrected chi connectivity index (χ3v) is 2.99. The van der Waals surface area contributed by atoms with Crippen LogP contribution in [0.2, 0.25) is 0 Å². The van der Waals surface area contributed by atoms with Gasteiger partial charge in [-0.3, -0.25) is 9.63 Å². The zero-order chi connectivity index (χ0) is 15.8. The predicted octanol–water partition coefficient (Wildman–Crippen LogP) is -2.51. The second kappa shape index (κ2) is 9.26. The monoisotopic (exact) mass is 308 g/mol. The van der Waals surface area contributed by atoms with Crippen LogP contribution in [0.4, 0.5) is 0 Å². The third-order valence-electron chi connectivity index (χ3n) is 2.99. The molecule has 0 aromatic rings. The number of rotatable bonds is 8. The van der Waals surface area contributed by atoms with Crippen LogP contribution in [-0.2, 0) is 19.1 Å². The quantitative estimate of drug-likeness (QED) is 0.245. The molecule has 1 rings (SSSR count). The van der Waals surface area contributed by atoms with Gasteiger partial charge in [-0.25, -0.2) is 5.48 Å². The fraction of sp³-hybridized carbons (Fsp3) is 0.917. The molecule has 0 spiro atoms. The Morgan fingerprint density at radius 1 is 1.29 bits per heavy atom. The molecule has 1 aliphatic rings. The van der Waals surface area contributed by atoms with Gasteiger partial charge < -0.3 is 30.1 Å². The molecule has 9 nitrogen and oxygen atoms in total. The van der Waals surface area contributed by atoms with Gasteiger partial charge >= 0.3 is 0 Å². The highest BCUT2D eigenvalue weighted by Gasteiger charge is 2.43. The Hall–Kier alpha value is -0.810. The number of carbonyl (C=O) groups is 1. The molecule has 9 heteroatoms. The average molecular weight is 308 g/mol. The van der Waals surface area contributed by atoms with Gasteiger partial charge in [-0.1, -0.05) is 0 Å². The minimum atomic E-state index is -1.18. The van der Waals surface area contributed by atoms with Gasteiger partial charge in [0.25, 0.3) is 0 Å². The Kier molecular flexibility index (Phi) is 8.04. The molecular weight excluding hydrogens is 284 g/mol. The van der Waals surface area contributed by atoms with Crippen molar-refractivity contribution in [2.24, 2.45) is 0 Å². The van der Waals surface area contributed by atoms with E-state index in [4.69, 9.17) is 19.4 Å². The number of ether oxygens (including phenoxy) is 2. The van der Waals surface area contributed by atoms with Crippen molar-refractivity contribution in [3.8, 4) is 0 Å². The third kappa shape index (κ3) is 5.83. The molecule has 1 heterocycles. The van der Waals surface area contributed by atoms with Gasteiger partial charge in [-0.15, -0.1) is 0 Å². The standard InChI is InChI=1S/C12H24N2O7/c1-7-10(17)11(18)9(14-8(2)16)12(21-7)19-5-3-13-20-6-4-15/h7,9-13,15,17-18H,3-6H2,1-2H3,(H,14,16). The molecule has 1 aliphatic heterocycles. The number of aliphatic hydroxyl groups is 3. The lowest BCUT2D eigenvalue weighted by Crippen LogP contribution is -2.63. The molecule has 0 aliphatic carbocycles. The summed E-state index contributed by atoms with van der Waals surface area (Å²) in [4.78, 5) is 16.0. The molecule has 5 atom stereocenters. The molecule has 0 saturated carbocycles. The number of nitrogens with one attached hydrogen (secondary N) is 2. The molecule has 0 aromatic heterocycles. The van der Waals surface area contributed by atoms with Crippen LogP contribution in [-0.4, -0.2) is 78.2 Å². The van der Waals surface area contributed by atoms with Crippen LogP contribution < -0.4 is 10.8 Å². The number of hydrogen-bond donors (Lipinski definition) is 5. The van der Waals surface area contributed by atoms with Gasteiger partial charge in [0.2, 0.25) is 5.91 Å². The van der Waals surface area contributed by atoms with Gasteiger partial charge in [0.1, 0.15) is 18.2 Å². The Morgan fingerprint density at radius 2 is 2.00 bits per heavy atom. The molecular formula is C12H24N2O7.